The standard InChI is InChI=1S/C19H12ClF3N4O3S/c20-18-14(8-24)17(25-10-26-18)12-3-6-15(27-31(28,29)19(22)23)16(7-12)30-9-11-1-4-13(21)5-2-11/h1-7,10,19,27H,9H2. The van der Waals surface area contributed by atoms with Crippen molar-refractivity contribution in [3.63, 3.8) is 0 Å². The van der Waals surface area contributed by atoms with Gasteiger partial charge >= 0.3 is 5.76 Å². The molecule has 0 unspecified atom stereocenters. The fourth-order valence-corrected chi connectivity index (χ4v) is 3.23. The average Bonchev–Trinajstić information content (AvgIpc) is 2.73. The Hall–Kier alpha value is -3.36. The Bertz CT molecular complexity index is 1250. The molecule has 0 atom stereocenters. The Morgan fingerprint density at radius 2 is 1.87 bits per heavy atom. The van der Waals surface area contributed by atoms with Gasteiger partial charge in [0, 0.05) is 5.56 Å². The van der Waals surface area contributed by atoms with Crippen molar-refractivity contribution < 1.29 is 26.3 Å². The predicted molar refractivity (Wildman–Crippen MR) is 106 cm³/mol. The number of halogens is 4. The van der Waals surface area contributed by atoms with Gasteiger partial charge in [-0.25, -0.2) is 22.8 Å². The summed E-state index contributed by atoms with van der Waals surface area (Å²) in [5.74, 6) is -4.24. The number of nitrogens with zero attached hydrogens (tertiary/aromatic N) is 3. The van der Waals surface area contributed by atoms with Crippen LogP contribution >= 0.6 is 11.6 Å². The number of sulfonamides is 1. The van der Waals surface area contributed by atoms with Crippen molar-refractivity contribution in [2.75, 3.05) is 4.72 Å². The van der Waals surface area contributed by atoms with E-state index in [9.17, 15) is 26.9 Å². The van der Waals surface area contributed by atoms with E-state index in [0.29, 0.717) is 11.1 Å². The van der Waals surface area contributed by atoms with E-state index in [0.717, 1.165) is 6.33 Å². The molecule has 0 radical (unpaired) electrons. The number of rotatable bonds is 7. The normalized spacial score (nSPS) is 11.2. The monoisotopic (exact) mass is 468 g/mol. The molecule has 1 heterocycles. The van der Waals surface area contributed by atoms with E-state index < -0.39 is 21.6 Å². The Balaban J connectivity index is 2.03. The lowest BCUT2D eigenvalue weighted by atomic mass is 10.1. The molecule has 0 fully saturated rings. The number of alkyl halides is 2. The molecule has 3 aromatic rings. The van der Waals surface area contributed by atoms with Crippen LogP contribution in [0.1, 0.15) is 11.1 Å². The fourth-order valence-electron chi connectivity index (χ4n) is 2.49. The molecule has 1 N–H and O–H groups in total. The lowest BCUT2D eigenvalue weighted by molar-refractivity contribution is 0.236. The summed E-state index contributed by atoms with van der Waals surface area (Å²) in [7, 11) is -4.97. The first kappa shape index (κ1) is 22.3. The lowest BCUT2D eigenvalue weighted by Gasteiger charge is -2.15. The molecule has 0 aliphatic carbocycles. The molecule has 2 aromatic carbocycles. The molecule has 0 saturated heterocycles. The SMILES string of the molecule is N#Cc1c(Cl)ncnc1-c1ccc(NS(=O)(=O)C(F)F)c(OCc2ccc(F)cc2)c1. The third-order valence-corrected chi connectivity index (χ3v) is 5.22. The van der Waals surface area contributed by atoms with Crippen LogP contribution in [0.25, 0.3) is 11.3 Å². The number of benzene rings is 2. The summed E-state index contributed by atoms with van der Waals surface area (Å²) in [5.41, 5.74) is 0.684. The summed E-state index contributed by atoms with van der Waals surface area (Å²) >= 11 is 5.92. The van der Waals surface area contributed by atoms with Crippen molar-refractivity contribution in [2.45, 2.75) is 12.4 Å². The largest absolute Gasteiger partial charge is 0.487 e. The van der Waals surface area contributed by atoms with E-state index in [1.165, 1.54) is 42.5 Å². The Morgan fingerprint density at radius 1 is 1.16 bits per heavy atom. The van der Waals surface area contributed by atoms with Crippen molar-refractivity contribution >= 4 is 27.3 Å². The first-order chi connectivity index (χ1) is 14.7. The second-order valence-electron chi connectivity index (χ2n) is 6.03. The van der Waals surface area contributed by atoms with E-state index in [1.54, 1.807) is 4.72 Å². The number of nitrogens with one attached hydrogen (secondary N) is 1. The molecule has 0 saturated carbocycles. The highest BCUT2D eigenvalue weighted by atomic mass is 35.5. The Morgan fingerprint density at radius 3 is 2.52 bits per heavy atom. The zero-order valence-electron chi connectivity index (χ0n) is 15.4. The van der Waals surface area contributed by atoms with Gasteiger partial charge in [-0.2, -0.15) is 14.0 Å². The number of hydrogen-bond acceptors (Lipinski definition) is 6. The molecule has 3 rings (SSSR count). The van der Waals surface area contributed by atoms with Gasteiger partial charge in [0.15, 0.2) is 5.15 Å². The molecule has 0 bridgehead atoms. The van der Waals surface area contributed by atoms with Crippen LogP contribution in [0.2, 0.25) is 5.15 Å². The van der Waals surface area contributed by atoms with Crippen molar-refractivity contribution in [3.8, 4) is 23.1 Å². The predicted octanol–water partition coefficient (Wildman–Crippen LogP) is 4.35. The topological polar surface area (TPSA) is 105 Å². The molecule has 12 heteroatoms. The van der Waals surface area contributed by atoms with Crippen molar-refractivity contribution in [1.29, 1.82) is 5.26 Å². The minimum Gasteiger partial charge on any atom is -0.487 e. The van der Waals surface area contributed by atoms with Crippen LogP contribution in [0, 0.1) is 17.1 Å². The second kappa shape index (κ2) is 9.20. The molecular formula is C19H12ClF3N4O3S. The lowest BCUT2D eigenvalue weighted by Crippen LogP contribution is -2.21. The molecule has 0 amide bonds. The zero-order valence-corrected chi connectivity index (χ0v) is 17.0. The van der Waals surface area contributed by atoms with Crippen LogP contribution in [0.15, 0.2) is 48.8 Å². The van der Waals surface area contributed by atoms with Gasteiger partial charge in [0.2, 0.25) is 0 Å². The summed E-state index contributed by atoms with van der Waals surface area (Å²) in [6, 6.07) is 11.0. The molecule has 0 spiro atoms. The van der Waals surface area contributed by atoms with Gasteiger partial charge in [-0.3, -0.25) is 4.72 Å². The molecule has 7 nitrogen and oxygen atoms in total. The van der Waals surface area contributed by atoms with Gasteiger partial charge < -0.3 is 4.74 Å². The smallest absolute Gasteiger partial charge is 0.355 e. The summed E-state index contributed by atoms with van der Waals surface area (Å²) < 4.78 is 69.3. The van der Waals surface area contributed by atoms with Crippen molar-refractivity contribution in [3.05, 3.63) is 70.9 Å². The van der Waals surface area contributed by atoms with Gasteiger partial charge in [-0.1, -0.05) is 29.8 Å². The zero-order chi connectivity index (χ0) is 22.6. The number of hydrogen-bond donors (Lipinski definition) is 1. The van der Waals surface area contributed by atoms with Crippen molar-refractivity contribution in [2.24, 2.45) is 0 Å². The van der Waals surface area contributed by atoms with Crippen LogP contribution in [0.5, 0.6) is 5.75 Å². The number of nitriles is 1. The maximum Gasteiger partial charge on any atom is 0.355 e. The van der Waals surface area contributed by atoms with Gasteiger partial charge in [-0.05, 0) is 29.8 Å². The molecular weight excluding hydrogens is 457 g/mol. The van der Waals surface area contributed by atoms with E-state index >= 15 is 0 Å². The number of ether oxygens (including phenoxy) is 1. The van der Waals surface area contributed by atoms with E-state index in [1.807, 2.05) is 6.07 Å². The van der Waals surface area contributed by atoms with Gasteiger partial charge in [0.05, 0.1) is 11.4 Å². The highest BCUT2D eigenvalue weighted by Crippen LogP contribution is 2.34. The molecule has 0 aliphatic heterocycles. The molecule has 160 valence electrons. The summed E-state index contributed by atoms with van der Waals surface area (Å²) in [5, 5.41) is 9.23. The van der Waals surface area contributed by atoms with Crippen LogP contribution in [0.3, 0.4) is 0 Å². The number of anilines is 1. The average molecular weight is 469 g/mol. The Labute approximate surface area is 180 Å². The molecule has 31 heavy (non-hydrogen) atoms. The summed E-state index contributed by atoms with van der Waals surface area (Å²) in [6.45, 7) is -0.122. The summed E-state index contributed by atoms with van der Waals surface area (Å²) in [4.78, 5) is 7.73. The van der Waals surface area contributed by atoms with Gasteiger partial charge in [-0.15, -0.1) is 0 Å². The maximum absolute atomic E-state index is 13.1. The first-order valence-corrected chi connectivity index (χ1v) is 10.4. The van der Waals surface area contributed by atoms with Crippen LogP contribution in [0.4, 0.5) is 18.9 Å². The minimum atomic E-state index is -4.97. The molecule has 1 aromatic heterocycles. The van der Waals surface area contributed by atoms with E-state index in [-0.39, 0.29) is 34.5 Å². The highest BCUT2D eigenvalue weighted by molar-refractivity contribution is 7.93. The number of aromatic nitrogens is 2. The molecule has 0 aliphatic rings. The van der Waals surface area contributed by atoms with Crippen molar-refractivity contribution in [1.82, 2.24) is 9.97 Å². The maximum atomic E-state index is 13.1. The van der Waals surface area contributed by atoms with Gasteiger partial charge in [0.25, 0.3) is 10.0 Å². The third-order valence-electron chi connectivity index (χ3n) is 3.96. The fraction of sp³-hybridized carbons (Fsp3) is 0.105. The second-order valence-corrected chi connectivity index (χ2v) is 8.04. The first-order valence-electron chi connectivity index (χ1n) is 8.43. The summed E-state index contributed by atoms with van der Waals surface area (Å²) in [6.07, 6.45) is 1.13. The minimum absolute atomic E-state index is 0.0328. The third kappa shape index (κ3) is 5.22. The van der Waals surface area contributed by atoms with E-state index in [2.05, 4.69) is 9.97 Å². The van der Waals surface area contributed by atoms with Crippen LogP contribution < -0.4 is 9.46 Å². The van der Waals surface area contributed by atoms with Crippen LogP contribution in [-0.2, 0) is 16.6 Å². The van der Waals surface area contributed by atoms with Gasteiger partial charge in [0.1, 0.15) is 36.1 Å². The van der Waals surface area contributed by atoms with E-state index in [4.69, 9.17) is 16.3 Å². The quantitative estimate of drug-likeness (QED) is 0.517. The Kier molecular flexibility index (Phi) is 6.62. The highest BCUT2D eigenvalue weighted by Gasteiger charge is 2.25. The van der Waals surface area contributed by atoms with Crippen LogP contribution in [-0.4, -0.2) is 24.1 Å².